The molecule has 2 rings (SSSR count). The van der Waals surface area contributed by atoms with Gasteiger partial charge < -0.3 is 5.32 Å². The minimum atomic E-state index is 0. The van der Waals surface area contributed by atoms with Gasteiger partial charge >= 0.3 is 0 Å². The minimum absolute atomic E-state index is 0. The van der Waals surface area contributed by atoms with Crippen molar-refractivity contribution in [1.82, 2.24) is 19.6 Å². The summed E-state index contributed by atoms with van der Waals surface area (Å²) in [4.78, 5) is 0. The van der Waals surface area contributed by atoms with Crippen LogP contribution in [-0.4, -0.2) is 19.6 Å². The molecule has 0 aliphatic carbocycles. The molecule has 2 heterocycles. The van der Waals surface area contributed by atoms with Crippen molar-refractivity contribution < 1.29 is 0 Å². The van der Waals surface area contributed by atoms with Crippen LogP contribution in [-0.2, 0) is 19.6 Å². The molecule has 0 fully saturated rings. The summed E-state index contributed by atoms with van der Waals surface area (Å²) >= 11 is 0. The lowest BCUT2D eigenvalue weighted by molar-refractivity contribution is 0.481. The van der Waals surface area contributed by atoms with Crippen LogP contribution in [0.25, 0.3) is 0 Å². The van der Waals surface area contributed by atoms with Gasteiger partial charge in [-0.2, -0.15) is 10.2 Å². The number of aromatic nitrogens is 4. The molecule has 0 atom stereocenters. The van der Waals surface area contributed by atoms with Crippen molar-refractivity contribution in [2.75, 3.05) is 5.32 Å². The van der Waals surface area contributed by atoms with Crippen molar-refractivity contribution in [2.45, 2.75) is 54.3 Å². The first-order chi connectivity index (χ1) is 9.51. The Bertz CT molecular complexity index is 571. The summed E-state index contributed by atoms with van der Waals surface area (Å²) in [7, 11) is 0. The molecule has 0 bridgehead atoms. The van der Waals surface area contributed by atoms with Gasteiger partial charge in [0.15, 0.2) is 0 Å². The van der Waals surface area contributed by atoms with Crippen LogP contribution in [0.1, 0.15) is 37.7 Å². The first kappa shape index (κ1) is 17.6. The lowest BCUT2D eigenvalue weighted by atomic mass is 10.2. The van der Waals surface area contributed by atoms with Gasteiger partial charge in [0.05, 0.1) is 29.8 Å². The smallest absolute Gasteiger partial charge is 0.0825 e. The van der Waals surface area contributed by atoms with E-state index in [0.717, 1.165) is 31.0 Å². The van der Waals surface area contributed by atoms with Crippen molar-refractivity contribution in [3.63, 3.8) is 0 Å². The summed E-state index contributed by atoms with van der Waals surface area (Å²) in [6.45, 7) is 13.3. The summed E-state index contributed by atoms with van der Waals surface area (Å²) in [5.41, 5.74) is 4.62. The largest absolute Gasteiger partial charge is 0.377 e. The predicted molar refractivity (Wildman–Crippen MR) is 89.0 cm³/mol. The number of nitrogens with zero attached hydrogens (tertiary/aromatic N) is 4. The van der Waals surface area contributed by atoms with Gasteiger partial charge in [-0.1, -0.05) is 13.8 Å². The number of hydrogen-bond acceptors (Lipinski definition) is 3. The van der Waals surface area contributed by atoms with Crippen molar-refractivity contribution >= 4 is 18.1 Å². The van der Waals surface area contributed by atoms with Crippen LogP contribution in [0.2, 0.25) is 0 Å². The van der Waals surface area contributed by atoms with Crippen LogP contribution in [0.15, 0.2) is 12.4 Å². The van der Waals surface area contributed by atoms with E-state index in [1.807, 2.05) is 22.5 Å². The van der Waals surface area contributed by atoms with E-state index in [1.165, 1.54) is 11.3 Å². The lowest BCUT2D eigenvalue weighted by Crippen LogP contribution is -2.09. The van der Waals surface area contributed by atoms with Gasteiger partial charge in [-0.15, -0.1) is 12.4 Å². The molecule has 1 N–H and O–H groups in total. The lowest BCUT2D eigenvalue weighted by Gasteiger charge is -2.08. The van der Waals surface area contributed by atoms with Crippen molar-refractivity contribution in [3.8, 4) is 0 Å². The average molecular weight is 312 g/mol. The number of anilines is 1. The maximum Gasteiger partial charge on any atom is 0.0825 e. The summed E-state index contributed by atoms with van der Waals surface area (Å²) < 4.78 is 4.06. The van der Waals surface area contributed by atoms with E-state index in [9.17, 15) is 0 Å². The molecule has 0 saturated carbocycles. The van der Waals surface area contributed by atoms with E-state index in [0.29, 0.717) is 5.92 Å². The van der Waals surface area contributed by atoms with Crippen molar-refractivity contribution in [3.05, 3.63) is 29.3 Å². The molecule has 2 aromatic heterocycles. The SMILES string of the molecule is CCn1ncc(C)c1CNc1cn(CC(C)C)nc1C.Cl. The van der Waals surface area contributed by atoms with E-state index in [1.54, 1.807) is 0 Å². The molecule has 2 aromatic rings. The molecule has 0 aliphatic heterocycles. The van der Waals surface area contributed by atoms with Crippen LogP contribution in [0.3, 0.4) is 0 Å². The van der Waals surface area contributed by atoms with Gasteiger partial charge in [-0.05, 0) is 32.3 Å². The number of aryl methyl sites for hydroxylation is 3. The third-order valence-electron chi connectivity index (χ3n) is 3.40. The Kier molecular flexibility index (Phi) is 6.27. The summed E-state index contributed by atoms with van der Waals surface area (Å²) in [5, 5.41) is 12.4. The molecule has 21 heavy (non-hydrogen) atoms. The molecule has 118 valence electrons. The normalized spacial score (nSPS) is 10.8. The highest BCUT2D eigenvalue weighted by atomic mass is 35.5. The topological polar surface area (TPSA) is 47.7 Å². The molecule has 0 aromatic carbocycles. The maximum atomic E-state index is 4.55. The summed E-state index contributed by atoms with van der Waals surface area (Å²) in [5.74, 6) is 0.603. The van der Waals surface area contributed by atoms with Gasteiger partial charge in [-0.25, -0.2) is 0 Å². The van der Waals surface area contributed by atoms with Crippen molar-refractivity contribution in [2.24, 2.45) is 5.92 Å². The Morgan fingerprint density at radius 3 is 2.62 bits per heavy atom. The second kappa shape index (κ2) is 7.50. The Balaban J connectivity index is 0.00000220. The highest BCUT2D eigenvalue weighted by Gasteiger charge is 2.09. The number of nitrogens with one attached hydrogen (secondary N) is 1. The zero-order chi connectivity index (χ0) is 14.7. The minimum Gasteiger partial charge on any atom is -0.377 e. The third kappa shape index (κ3) is 4.24. The number of halogens is 1. The molecule has 0 spiro atoms. The fraction of sp³-hybridized carbons (Fsp3) is 0.600. The van der Waals surface area contributed by atoms with E-state index < -0.39 is 0 Å². The van der Waals surface area contributed by atoms with E-state index >= 15 is 0 Å². The van der Waals surface area contributed by atoms with Gasteiger partial charge in [0, 0.05) is 19.3 Å². The quantitative estimate of drug-likeness (QED) is 0.889. The van der Waals surface area contributed by atoms with Gasteiger partial charge in [0.1, 0.15) is 0 Å². The number of rotatable bonds is 6. The van der Waals surface area contributed by atoms with Crippen LogP contribution in [0, 0.1) is 19.8 Å². The molecule has 6 heteroatoms. The summed E-state index contributed by atoms with van der Waals surface area (Å²) in [6, 6.07) is 0. The summed E-state index contributed by atoms with van der Waals surface area (Å²) in [6.07, 6.45) is 4.02. The molecule has 0 radical (unpaired) electrons. The van der Waals surface area contributed by atoms with Crippen LogP contribution in [0.4, 0.5) is 5.69 Å². The monoisotopic (exact) mass is 311 g/mol. The molecule has 5 nitrogen and oxygen atoms in total. The first-order valence-electron chi connectivity index (χ1n) is 7.30. The van der Waals surface area contributed by atoms with E-state index in [2.05, 4.69) is 49.4 Å². The van der Waals surface area contributed by atoms with E-state index in [-0.39, 0.29) is 12.4 Å². The molecule has 0 unspecified atom stereocenters. The molecule has 0 saturated heterocycles. The van der Waals surface area contributed by atoms with Gasteiger partial charge in [-0.3, -0.25) is 9.36 Å². The zero-order valence-corrected chi connectivity index (χ0v) is 14.4. The van der Waals surface area contributed by atoms with Crippen LogP contribution in [0.5, 0.6) is 0 Å². The average Bonchev–Trinajstić information content (AvgIpc) is 2.89. The maximum absolute atomic E-state index is 4.55. The molecular weight excluding hydrogens is 286 g/mol. The Morgan fingerprint density at radius 2 is 2.00 bits per heavy atom. The zero-order valence-electron chi connectivity index (χ0n) is 13.6. The molecule has 0 aliphatic rings. The van der Waals surface area contributed by atoms with Crippen LogP contribution < -0.4 is 5.32 Å². The third-order valence-corrected chi connectivity index (χ3v) is 3.40. The van der Waals surface area contributed by atoms with Crippen molar-refractivity contribution in [1.29, 1.82) is 0 Å². The van der Waals surface area contributed by atoms with Crippen LogP contribution >= 0.6 is 12.4 Å². The highest BCUT2D eigenvalue weighted by molar-refractivity contribution is 5.85. The second-order valence-electron chi connectivity index (χ2n) is 5.69. The van der Waals surface area contributed by atoms with E-state index in [4.69, 9.17) is 0 Å². The van der Waals surface area contributed by atoms with Gasteiger partial charge in [0.25, 0.3) is 0 Å². The molecule has 0 amide bonds. The second-order valence-corrected chi connectivity index (χ2v) is 5.69. The highest BCUT2D eigenvalue weighted by Crippen LogP contribution is 2.16. The van der Waals surface area contributed by atoms with Gasteiger partial charge in [0.2, 0.25) is 0 Å². The molecular formula is C15H26ClN5. The first-order valence-corrected chi connectivity index (χ1v) is 7.30. The fourth-order valence-electron chi connectivity index (χ4n) is 2.35. The Morgan fingerprint density at radius 1 is 1.29 bits per heavy atom. The standard InChI is InChI=1S/C15H25N5.ClH/c1-6-20-15(12(4)7-17-20)8-16-14-10-19(9-11(2)3)18-13(14)5;/h7,10-11,16H,6,8-9H2,1-5H3;1H. The predicted octanol–water partition coefficient (Wildman–Crippen LogP) is 3.41. The fourth-order valence-corrected chi connectivity index (χ4v) is 2.35. The number of hydrogen-bond donors (Lipinski definition) is 1. The Labute approximate surface area is 133 Å². The Hall–Kier alpha value is -1.49.